The third-order valence-electron chi connectivity index (χ3n) is 3.50. The van der Waals surface area contributed by atoms with Crippen LogP contribution in [0, 0.1) is 0 Å². The van der Waals surface area contributed by atoms with Crippen molar-refractivity contribution in [3.8, 4) is 0 Å². The Bertz CT molecular complexity index is 174. The van der Waals surface area contributed by atoms with Crippen LogP contribution in [0.3, 0.4) is 0 Å². The largest absolute Gasteiger partial charge is 0.396 e. The molecule has 0 amide bonds. The average Bonchev–Trinajstić information content (AvgIpc) is 2.58. The predicted molar refractivity (Wildman–Crippen MR) is 59.9 cm³/mol. The molecule has 1 N–H and O–H groups in total. The lowest BCUT2D eigenvalue weighted by molar-refractivity contribution is -0.0385. The molecule has 88 valence electrons. The van der Waals surface area contributed by atoms with Crippen LogP contribution in [0.4, 0.5) is 0 Å². The van der Waals surface area contributed by atoms with E-state index in [0.29, 0.717) is 18.8 Å². The fourth-order valence-corrected chi connectivity index (χ4v) is 2.68. The monoisotopic (exact) mass is 213 g/mol. The summed E-state index contributed by atoms with van der Waals surface area (Å²) in [6, 6.07) is 0. The number of aliphatic hydroxyl groups excluding tert-OH is 1. The highest BCUT2D eigenvalue weighted by molar-refractivity contribution is 4.84. The van der Waals surface area contributed by atoms with Crippen LogP contribution in [0.1, 0.15) is 38.5 Å². The van der Waals surface area contributed by atoms with Crippen LogP contribution in [0.25, 0.3) is 0 Å². The summed E-state index contributed by atoms with van der Waals surface area (Å²) >= 11 is 0. The van der Waals surface area contributed by atoms with Gasteiger partial charge in [0.05, 0.1) is 12.2 Å². The number of hydrogen-bond donors (Lipinski definition) is 1. The maximum atomic E-state index is 8.67. The molecular weight excluding hydrogens is 190 g/mol. The molecule has 0 aromatic carbocycles. The zero-order valence-electron chi connectivity index (χ0n) is 9.53. The lowest BCUT2D eigenvalue weighted by Crippen LogP contribution is -2.42. The van der Waals surface area contributed by atoms with Crippen LogP contribution >= 0.6 is 0 Å². The topological polar surface area (TPSA) is 32.7 Å². The van der Waals surface area contributed by atoms with E-state index >= 15 is 0 Å². The lowest BCUT2D eigenvalue weighted by atomic mass is 10.2. The Morgan fingerprint density at radius 2 is 1.67 bits per heavy atom. The molecule has 2 fully saturated rings. The first-order valence-corrected chi connectivity index (χ1v) is 6.37. The van der Waals surface area contributed by atoms with Gasteiger partial charge in [0, 0.05) is 19.7 Å². The molecule has 2 rings (SSSR count). The van der Waals surface area contributed by atoms with Crippen molar-refractivity contribution in [1.82, 2.24) is 4.90 Å². The Labute approximate surface area is 92.4 Å². The van der Waals surface area contributed by atoms with Crippen LogP contribution in [0.15, 0.2) is 0 Å². The molecule has 2 heterocycles. The van der Waals surface area contributed by atoms with Crippen molar-refractivity contribution in [2.75, 3.05) is 26.2 Å². The van der Waals surface area contributed by atoms with E-state index in [4.69, 9.17) is 9.84 Å². The molecule has 2 saturated heterocycles. The minimum absolute atomic E-state index is 0.349. The molecule has 0 spiro atoms. The van der Waals surface area contributed by atoms with Gasteiger partial charge in [-0.05, 0) is 32.2 Å². The van der Waals surface area contributed by atoms with Crippen LogP contribution in [0.5, 0.6) is 0 Å². The molecular formula is C12H23NO2. The quantitative estimate of drug-likeness (QED) is 0.677. The van der Waals surface area contributed by atoms with Crippen molar-refractivity contribution in [1.29, 1.82) is 0 Å². The fraction of sp³-hybridized carbons (Fsp3) is 1.00. The second-order valence-corrected chi connectivity index (χ2v) is 4.85. The zero-order valence-corrected chi connectivity index (χ0v) is 9.53. The molecule has 2 atom stereocenters. The van der Waals surface area contributed by atoms with E-state index in [9.17, 15) is 0 Å². The third-order valence-corrected chi connectivity index (χ3v) is 3.50. The summed E-state index contributed by atoms with van der Waals surface area (Å²) in [6.07, 6.45) is 8.27. The van der Waals surface area contributed by atoms with Gasteiger partial charge in [-0.1, -0.05) is 12.8 Å². The van der Waals surface area contributed by atoms with Crippen LogP contribution < -0.4 is 0 Å². The number of ether oxygens (including phenoxy) is 1. The van der Waals surface area contributed by atoms with E-state index in [2.05, 4.69) is 4.90 Å². The number of nitrogens with zero attached hydrogens (tertiary/aromatic N) is 1. The number of aliphatic hydroxyl groups is 1. The van der Waals surface area contributed by atoms with E-state index in [-0.39, 0.29) is 0 Å². The molecule has 2 aliphatic heterocycles. The van der Waals surface area contributed by atoms with Gasteiger partial charge >= 0.3 is 0 Å². The maximum Gasteiger partial charge on any atom is 0.0707 e. The fourth-order valence-electron chi connectivity index (χ4n) is 2.68. The van der Waals surface area contributed by atoms with Gasteiger partial charge < -0.3 is 9.84 Å². The van der Waals surface area contributed by atoms with E-state index in [1.54, 1.807) is 0 Å². The first-order chi connectivity index (χ1) is 7.38. The molecule has 2 aliphatic rings. The minimum Gasteiger partial charge on any atom is -0.396 e. The Balaban J connectivity index is 1.56. The Morgan fingerprint density at radius 1 is 1.00 bits per heavy atom. The molecule has 0 aromatic rings. The van der Waals surface area contributed by atoms with Gasteiger partial charge in [0.1, 0.15) is 0 Å². The highest BCUT2D eigenvalue weighted by atomic mass is 16.5. The molecule has 15 heavy (non-hydrogen) atoms. The SMILES string of the molecule is OCCCCCCN1CC2CCC(C1)O2. The highest BCUT2D eigenvalue weighted by Gasteiger charge is 2.32. The van der Waals surface area contributed by atoms with Crippen molar-refractivity contribution in [2.45, 2.75) is 50.7 Å². The molecule has 0 saturated carbocycles. The number of unbranched alkanes of at least 4 members (excludes halogenated alkanes) is 3. The molecule has 0 aromatic heterocycles. The first-order valence-electron chi connectivity index (χ1n) is 6.37. The Morgan fingerprint density at radius 3 is 2.33 bits per heavy atom. The molecule has 3 heteroatoms. The molecule has 3 nitrogen and oxygen atoms in total. The molecule has 0 aliphatic carbocycles. The van der Waals surface area contributed by atoms with Gasteiger partial charge in [-0.15, -0.1) is 0 Å². The standard InChI is InChI=1S/C12H23NO2/c14-8-4-2-1-3-7-13-9-11-5-6-12(10-13)15-11/h11-12,14H,1-10H2. The molecule has 2 unspecified atom stereocenters. The van der Waals surface area contributed by atoms with E-state index < -0.39 is 0 Å². The smallest absolute Gasteiger partial charge is 0.0707 e. The highest BCUT2D eigenvalue weighted by Crippen LogP contribution is 2.26. The van der Waals surface area contributed by atoms with E-state index in [1.165, 1.54) is 38.6 Å². The van der Waals surface area contributed by atoms with Crippen molar-refractivity contribution < 1.29 is 9.84 Å². The summed E-state index contributed by atoms with van der Waals surface area (Å²) in [5.41, 5.74) is 0. The number of rotatable bonds is 6. The van der Waals surface area contributed by atoms with Gasteiger partial charge in [0.2, 0.25) is 0 Å². The summed E-state index contributed by atoms with van der Waals surface area (Å²) in [4.78, 5) is 2.56. The second-order valence-electron chi connectivity index (χ2n) is 4.85. The van der Waals surface area contributed by atoms with Crippen molar-refractivity contribution >= 4 is 0 Å². The summed E-state index contributed by atoms with van der Waals surface area (Å²) < 4.78 is 5.80. The summed E-state index contributed by atoms with van der Waals surface area (Å²) in [5, 5.41) is 8.67. The van der Waals surface area contributed by atoms with Gasteiger partial charge in [-0.25, -0.2) is 0 Å². The van der Waals surface area contributed by atoms with Crippen molar-refractivity contribution in [3.63, 3.8) is 0 Å². The van der Waals surface area contributed by atoms with E-state index in [0.717, 1.165) is 19.5 Å². The van der Waals surface area contributed by atoms with Gasteiger partial charge in [0.25, 0.3) is 0 Å². The number of likely N-dealkylation sites (tertiary alicyclic amines) is 1. The van der Waals surface area contributed by atoms with Gasteiger partial charge in [-0.3, -0.25) is 4.90 Å². The summed E-state index contributed by atoms with van der Waals surface area (Å²) in [7, 11) is 0. The van der Waals surface area contributed by atoms with Crippen LogP contribution in [-0.4, -0.2) is 48.5 Å². The van der Waals surface area contributed by atoms with Crippen LogP contribution in [0.2, 0.25) is 0 Å². The molecule has 2 bridgehead atoms. The summed E-state index contributed by atoms with van der Waals surface area (Å²) in [6.45, 7) is 3.87. The predicted octanol–water partition coefficient (Wildman–Crippen LogP) is 1.40. The second kappa shape index (κ2) is 5.83. The number of morpholine rings is 1. The van der Waals surface area contributed by atoms with Crippen molar-refractivity contribution in [3.05, 3.63) is 0 Å². The number of fused-ring (bicyclic) bond motifs is 2. The number of hydrogen-bond acceptors (Lipinski definition) is 3. The van der Waals surface area contributed by atoms with Crippen molar-refractivity contribution in [2.24, 2.45) is 0 Å². The van der Waals surface area contributed by atoms with E-state index in [1.807, 2.05) is 0 Å². The Hall–Kier alpha value is -0.120. The van der Waals surface area contributed by atoms with Gasteiger partial charge in [-0.2, -0.15) is 0 Å². The zero-order chi connectivity index (χ0) is 10.5. The third kappa shape index (κ3) is 3.44. The molecule has 0 radical (unpaired) electrons. The Kier molecular flexibility index (Phi) is 4.42. The lowest BCUT2D eigenvalue weighted by Gasteiger charge is -2.31. The van der Waals surface area contributed by atoms with Gasteiger partial charge in [0.15, 0.2) is 0 Å². The average molecular weight is 213 g/mol. The normalized spacial score (nSPS) is 31.0. The minimum atomic E-state index is 0.349. The van der Waals surface area contributed by atoms with Crippen LogP contribution in [-0.2, 0) is 4.74 Å². The maximum absolute atomic E-state index is 8.67. The summed E-state index contributed by atoms with van der Waals surface area (Å²) in [5.74, 6) is 0. The first kappa shape index (κ1) is 11.4.